The monoisotopic (exact) mass is 458 g/mol. The van der Waals surface area contributed by atoms with Crippen molar-refractivity contribution >= 4 is 0 Å². The van der Waals surface area contributed by atoms with Gasteiger partial charge in [-0.1, -0.05) is 60.7 Å². The van der Waals surface area contributed by atoms with Crippen molar-refractivity contribution in [2.75, 3.05) is 33.9 Å². The van der Waals surface area contributed by atoms with Crippen LogP contribution in [0.25, 0.3) is 0 Å². The van der Waals surface area contributed by atoms with Crippen LogP contribution in [0.5, 0.6) is 11.5 Å². The van der Waals surface area contributed by atoms with Crippen molar-refractivity contribution in [1.82, 2.24) is 10.0 Å². The Morgan fingerprint density at radius 2 is 1.53 bits per heavy atom. The smallest absolute Gasteiger partial charge is 0.161 e. The number of rotatable bonds is 8. The molecule has 2 aliphatic heterocycles. The fraction of sp³-hybridized carbons (Fsp3) is 0.379. The van der Waals surface area contributed by atoms with E-state index < -0.39 is 0 Å². The van der Waals surface area contributed by atoms with Crippen LogP contribution in [0.4, 0.5) is 0 Å². The fourth-order valence-corrected chi connectivity index (χ4v) is 5.41. The zero-order valence-electron chi connectivity index (χ0n) is 20.2. The lowest BCUT2D eigenvalue weighted by Gasteiger charge is -2.45. The maximum atomic E-state index is 6.20. The van der Waals surface area contributed by atoms with Crippen LogP contribution in [-0.2, 0) is 17.8 Å². The normalized spacial score (nSPS) is 20.8. The molecule has 178 valence electrons. The Balaban J connectivity index is 1.42. The third kappa shape index (κ3) is 4.69. The molecule has 2 aliphatic rings. The van der Waals surface area contributed by atoms with Gasteiger partial charge in [0.15, 0.2) is 11.5 Å². The Kier molecular flexibility index (Phi) is 7.14. The average molecular weight is 459 g/mol. The summed E-state index contributed by atoms with van der Waals surface area (Å²) in [6.07, 6.45) is 3.33. The van der Waals surface area contributed by atoms with Crippen LogP contribution in [0.1, 0.15) is 41.1 Å². The van der Waals surface area contributed by atoms with Gasteiger partial charge >= 0.3 is 0 Å². The van der Waals surface area contributed by atoms with Gasteiger partial charge in [-0.15, -0.1) is 0 Å². The average Bonchev–Trinajstić information content (AvgIpc) is 3.36. The van der Waals surface area contributed by atoms with Crippen molar-refractivity contribution < 1.29 is 14.2 Å². The molecule has 34 heavy (non-hydrogen) atoms. The van der Waals surface area contributed by atoms with Crippen LogP contribution in [0.15, 0.2) is 72.8 Å². The number of methoxy groups -OCH3 is 2. The summed E-state index contributed by atoms with van der Waals surface area (Å²) in [5.41, 5.74) is 5.15. The van der Waals surface area contributed by atoms with Gasteiger partial charge in [0, 0.05) is 19.1 Å². The van der Waals surface area contributed by atoms with Crippen molar-refractivity contribution in [2.45, 2.75) is 38.0 Å². The number of fused-ring (bicyclic) bond motifs is 1. The molecular formula is C29H34N2O3. The fourth-order valence-electron chi connectivity index (χ4n) is 5.41. The topological polar surface area (TPSA) is 34.2 Å². The molecule has 0 bridgehead atoms. The van der Waals surface area contributed by atoms with E-state index in [1.165, 1.54) is 28.7 Å². The minimum atomic E-state index is 0.138. The van der Waals surface area contributed by atoms with E-state index in [-0.39, 0.29) is 6.04 Å². The first-order chi connectivity index (χ1) is 16.8. The summed E-state index contributed by atoms with van der Waals surface area (Å²) >= 11 is 0. The predicted octanol–water partition coefficient (Wildman–Crippen LogP) is 5.25. The van der Waals surface area contributed by atoms with Crippen LogP contribution < -0.4 is 9.47 Å². The quantitative estimate of drug-likeness (QED) is 0.461. The molecule has 5 heteroatoms. The van der Waals surface area contributed by atoms with Gasteiger partial charge in [0.1, 0.15) is 0 Å². The van der Waals surface area contributed by atoms with Gasteiger partial charge in [-0.3, -0.25) is 0 Å². The Bertz CT molecular complexity index is 1070. The zero-order chi connectivity index (χ0) is 23.3. The van der Waals surface area contributed by atoms with Crippen molar-refractivity contribution in [3.8, 4) is 11.5 Å². The van der Waals surface area contributed by atoms with Gasteiger partial charge in [-0.05, 0) is 53.6 Å². The van der Waals surface area contributed by atoms with E-state index in [2.05, 4.69) is 76.7 Å². The van der Waals surface area contributed by atoms with E-state index >= 15 is 0 Å². The maximum absolute atomic E-state index is 6.20. The van der Waals surface area contributed by atoms with Crippen molar-refractivity contribution in [1.29, 1.82) is 0 Å². The number of benzene rings is 3. The second-order valence-corrected chi connectivity index (χ2v) is 9.09. The van der Waals surface area contributed by atoms with Gasteiger partial charge in [0.2, 0.25) is 0 Å². The van der Waals surface area contributed by atoms with E-state index in [9.17, 15) is 0 Å². The molecule has 0 spiro atoms. The highest BCUT2D eigenvalue weighted by molar-refractivity contribution is 5.51. The summed E-state index contributed by atoms with van der Waals surface area (Å²) in [5, 5.41) is 5.15. The molecule has 0 saturated carbocycles. The summed E-state index contributed by atoms with van der Waals surface area (Å²) in [6.45, 7) is 3.43. The molecule has 3 aromatic rings. The number of hydrogen-bond donors (Lipinski definition) is 0. The van der Waals surface area contributed by atoms with Crippen molar-refractivity contribution in [3.05, 3.63) is 95.1 Å². The Morgan fingerprint density at radius 3 is 2.26 bits per heavy atom. The Morgan fingerprint density at radius 1 is 0.824 bits per heavy atom. The second-order valence-electron chi connectivity index (χ2n) is 9.09. The highest BCUT2D eigenvalue weighted by Gasteiger charge is 2.38. The molecule has 2 atom stereocenters. The Labute approximate surface area is 202 Å². The minimum absolute atomic E-state index is 0.138. The molecule has 0 aliphatic carbocycles. The highest BCUT2D eigenvalue weighted by Crippen LogP contribution is 2.42. The summed E-state index contributed by atoms with van der Waals surface area (Å²) < 4.78 is 17.5. The van der Waals surface area contributed by atoms with Crippen molar-refractivity contribution in [2.24, 2.45) is 0 Å². The lowest BCUT2D eigenvalue weighted by atomic mass is 9.88. The van der Waals surface area contributed by atoms with Gasteiger partial charge < -0.3 is 14.2 Å². The van der Waals surface area contributed by atoms with Crippen LogP contribution in [0.3, 0.4) is 0 Å². The standard InChI is InChI=1S/C29H34N2O3/c1-32-27-18-24-15-17-31(29(23-12-7-4-8-13-23)26(24)19-28(27)33-2)30-16-9-14-25(30)21-34-20-22-10-5-3-6-11-22/h3-8,10-13,18-19,25,29H,9,14-17,20-21H2,1-2H3/t25-,29-/m0/s1. The highest BCUT2D eigenvalue weighted by atomic mass is 16.5. The number of ether oxygens (including phenoxy) is 3. The molecular weight excluding hydrogens is 424 g/mol. The maximum Gasteiger partial charge on any atom is 0.161 e. The molecule has 3 aromatic carbocycles. The first-order valence-electron chi connectivity index (χ1n) is 12.2. The molecule has 1 saturated heterocycles. The number of hydrogen-bond acceptors (Lipinski definition) is 5. The molecule has 2 heterocycles. The first kappa shape index (κ1) is 22.9. The predicted molar refractivity (Wildman–Crippen MR) is 134 cm³/mol. The molecule has 0 radical (unpaired) electrons. The molecule has 0 aromatic heterocycles. The van der Waals surface area contributed by atoms with E-state index in [4.69, 9.17) is 14.2 Å². The first-order valence-corrected chi connectivity index (χ1v) is 12.2. The molecule has 5 rings (SSSR count). The third-order valence-electron chi connectivity index (χ3n) is 7.06. The van der Waals surface area contributed by atoms with Gasteiger partial charge in [0.25, 0.3) is 0 Å². The van der Waals surface area contributed by atoms with E-state index in [1.54, 1.807) is 14.2 Å². The SMILES string of the molecule is COc1cc2c(cc1OC)[C@H](c1ccccc1)N(N1CCC[C@H]1COCc1ccccc1)CC2. The molecule has 1 fully saturated rings. The molecule has 5 nitrogen and oxygen atoms in total. The van der Waals surface area contributed by atoms with E-state index in [1.807, 2.05) is 6.07 Å². The van der Waals surface area contributed by atoms with Gasteiger partial charge in [0.05, 0.1) is 33.5 Å². The molecule has 0 N–H and O–H groups in total. The summed E-state index contributed by atoms with van der Waals surface area (Å²) in [7, 11) is 3.42. The molecule has 0 amide bonds. The van der Waals surface area contributed by atoms with Crippen LogP contribution in [0.2, 0.25) is 0 Å². The lowest BCUT2D eigenvalue weighted by Crippen LogP contribution is -2.51. The largest absolute Gasteiger partial charge is 0.493 e. The number of nitrogens with zero attached hydrogens (tertiary/aromatic N) is 2. The summed E-state index contributed by atoms with van der Waals surface area (Å²) in [6, 6.07) is 26.1. The van der Waals surface area contributed by atoms with Crippen LogP contribution >= 0.6 is 0 Å². The van der Waals surface area contributed by atoms with Gasteiger partial charge in [-0.25, -0.2) is 10.0 Å². The minimum Gasteiger partial charge on any atom is -0.493 e. The third-order valence-corrected chi connectivity index (χ3v) is 7.06. The molecule has 0 unspecified atom stereocenters. The summed E-state index contributed by atoms with van der Waals surface area (Å²) in [5.74, 6) is 1.59. The zero-order valence-corrected chi connectivity index (χ0v) is 20.2. The number of hydrazine groups is 1. The van der Waals surface area contributed by atoms with Crippen LogP contribution in [0, 0.1) is 0 Å². The Hall–Kier alpha value is -2.86. The van der Waals surface area contributed by atoms with Crippen molar-refractivity contribution in [3.63, 3.8) is 0 Å². The summed E-state index contributed by atoms with van der Waals surface area (Å²) in [4.78, 5) is 0. The van der Waals surface area contributed by atoms with E-state index in [0.717, 1.165) is 44.0 Å². The lowest BCUT2D eigenvalue weighted by molar-refractivity contribution is -0.0865. The van der Waals surface area contributed by atoms with Crippen LogP contribution in [-0.4, -0.2) is 50.0 Å². The van der Waals surface area contributed by atoms with Gasteiger partial charge in [-0.2, -0.15) is 0 Å². The second kappa shape index (κ2) is 10.6. The van der Waals surface area contributed by atoms with E-state index in [0.29, 0.717) is 12.6 Å².